The normalized spacial score (nSPS) is 14.6. The highest BCUT2D eigenvalue weighted by Crippen LogP contribution is 2.17. The fourth-order valence-electron chi connectivity index (χ4n) is 2.55. The molecule has 1 aromatic heterocycles. The summed E-state index contributed by atoms with van der Waals surface area (Å²) in [5.74, 6) is -0.0995. The molecule has 6 nitrogen and oxygen atoms in total. The van der Waals surface area contributed by atoms with Crippen molar-refractivity contribution in [3.8, 4) is 0 Å². The molecule has 0 aromatic carbocycles. The standard InChI is InChI=1S/C16H24N4O2/c1-20(11-9-13-6-4-5-10-17-13)15(21)12-18-16(22)19-14-7-2-3-8-14/h4-6,10,14H,2-3,7-9,11-12H2,1H3,(H2,18,19,22). The molecule has 0 aliphatic heterocycles. The van der Waals surface area contributed by atoms with Crippen molar-refractivity contribution in [1.29, 1.82) is 0 Å². The molecule has 0 saturated heterocycles. The number of carbonyl (C=O) groups excluding carboxylic acids is 2. The zero-order chi connectivity index (χ0) is 15.8. The molecule has 1 fully saturated rings. The van der Waals surface area contributed by atoms with Gasteiger partial charge >= 0.3 is 6.03 Å². The number of hydrogen-bond acceptors (Lipinski definition) is 3. The summed E-state index contributed by atoms with van der Waals surface area (Å²) in [6, 6.07) is 5.74. The van der Waals surface area contributed by atoms with Crippen molar-refractivity contribution in [3.63, 3.8) is 0 Å². The van der Waals surface area contributed by atoms with Crippen molar-refractivity contribution in [2.75, 3.05) is 20.1 Å². The summed E-state index contributed by atoms with van der Waals surface area (Å²) in [5, 5.41) is 5.53. The van der Waals surface area contributed by atoms with Crippen LogP contribution in [-0.2, 0) is 11.2 Å². The van der Waals surface area contributed by atoms with Gasteiger partial charge < -0.3 is 15.5 Å². The van der Waals surface area contributed by atoms with Crippen molar-refractivity contribution in [2.24, 2.45) is 0 Å². The van der Waals surface area contributed by atoms with Crippen LogP contribution in [0.2, 0.25) is 0 Å². The highest BCUT2D eigenvalue weighted by Gasteiger charge is 2.17. The third kappa shape index (κ3) is 5.35. The van der Waals surface area contributed by atoms with Gasteiger partial charge in [0.1, 0.15) is 0 Å². The summed E-state index contributed by atoms with van der Waals surface area (Å²) in [5.41, 5.74) is 0.953. The van der Waals surface area contributed by atoms with Crippen LogP contribution in [-0.4, -0.2) is 48.0 Å². The van der Waals surface area contributed by atoms with E-state index in [2.05, 4.69) is 15.6 Å². The van der Waals surface area contributed by atoms with Gasteiger partial charge in [0, 0.05) is 37.9 Å². The molecular formula is C16H24N4O2. The molecule has 120 valence electrons. The summed E-state index contributed by atoms with van der Waals surface area (Å²) in [4.78, 5) is 29.5. The van der Waals surface area contributed by atoms with Crippen LogP contribution < -0.4 is 10.6 Å². The van der Waals surface area contributed by atoms with Crippen LogP contribution in [0.4, 0.5) is 4.79 Å². The lowest BCUT2D eigenvalue weighted by atomic mass is 10.2. The first-order valence-electron chi connectivity index (χ1n) is 7.83. The lowest BCUT2D eigenvalue weighted by molar-refractivity contribution is -0.128. The Bertz CT molecular complexity index is 486. The Morgan fingerprint density at radius 3 is 2.77 bits per heavy atom. The second-order valence-electron chi connectivity index (χ2n) is 5.69. The number of rotatable bonds is 6. The van der Waals surface area contributed by atoms with Crippen molar-refractivity contribution < 1.29 is 9.59 Å². The third-order valence-electron chi connectivity index (χ3n) is 3.95. The van der Waals surface area contributed by atoms with Gasteiger partial charge in [-0.15, -0.1) is 0 Å². The van der Waals surface area contributed by atoms with Crippen LogP contribution in [0.3, 0.4) is 0 Å². The summed E-state index contributed by atoms with van der Waals surface area (Å²) in [7, 11) is 1.74. The highest BCUT2D eigenvalue weighted by molar-refractivity contribution is 5.83. The van der Waals surface area contributed by atoms with Gasteiger partial charge in [-0.1, -0.05) is 18.9 Å². The minimum atomic E-state index is -0.252. The quantitative estimate of drug-likeness (QED) is 0.832. The molecule has 1 saturated carbocycles. The maximum Gasteiger partial charge on any atom is 0.315 e. The number of urea groups is 1. The first-order valence-corrected chi connectivity index (χ1v) is 7.83. The van der Waals surface area contributed by atoms with Gasteiger partial charge in [0.05, 0.1) is 6.54 Å². The summed E-state index contributed by atoms with van der Waals surface area (Å²) < 4.78 is 0. The van der Waals surface area contributed by atoms with Crippen LogP contribution >= 0.6 is 0 Å². The Labute approximate surface area is 131 Å². The minimum absolute atomic E-state index is 0.0251. The molecule has 0 radical (unpaired) electrons. The highest BCUT2D eigenvalue weighted by atomic mass is 16.2. The predicted molar refractivity (Wildman–Crippen MR) is 84.4 cm³/mol. The Kier molecular flexibility index (Phi) is 6.18. The maximum atomic E-state index is 12.0. The molecule has 1 heterocycles. The van der Waals surface area contributed by atoms with Gasteiger partial charge in [-0.2, -0.15) is 0 Å². The zero-order valence-electron chi connectivity index (χ0n) is 13.0. The van der Waals surface area contributed by atoms with Crippen LogP contribution in [0.5, 0.6) is 0 Å². The van der Waals surface area contributed by atoms with E-state index in [1.165, 1.54) is 12.8 Å². The number of nitrogens with zero attached hydrogens (tertiary/aromatic N) is 2. The molecule has 1 aromatic rings. The monoisotopic (exact) mass is 304 g/mol. The molecule has 0 atom stereocenters. The van der Waals surface area contributed by atoms with E-state index in [1.54, 1.807) is 18.1 Å². The first kappa shape index (κ1) is 16.3. The Balaban J connectivity index is 1.64. The molecule has 1 aliphatic rings. The zero-order valence-corrected chi connectivity index (χ0v) is 13.0. The Hall–Kier alpha value is -2.11. The third-order valence-corrected chi connectivity index (χ3v) is 3.95. The van der Waals surface area contributed by atoms with E-state index in [4.69, 9.17) is 0 Å². The predicted octanol–water partition coefficient (Wildman–Crippen LogP) is 1.32. The molecular weight excluding hydrogens is 280 g/mol. The van der Waals surface area contributed by atoms with Crippen LogP contribution in [0.25, 0.3) is 0 Å². The van der Waals surface area contributed by atoms with Gasteiger partial charge in [-0.05, 0) is 25.0 Å². The molecule has 2 rings (SSSR count). The van der Waals surface area contributed by atoms with Gasteiger partial charge in [-0.3, -0.25) is 9.78 Å². The van der Waals surface area contributed by atoms with Crippen molar-refractivity contribution in [2.45, 2.75) is 38.1 Å². The Morgan fingerprint density at radius 2 is 2.09 bits per heavy atom. The number of likely N-dealkylation sites (N-methyl/N-ethyl adjacent to an activating group) is 1. The average Bonchev–Trinajstić information content (AvgIpc) is 3.04. The lowest BCUT2D eigenvalue weighted by Crippen LogP contribution is -2.45. The Morgan fingerprint density at radius 1 is 1.32 bits per heavy atom. The summed E-state index contributed by atoms with van der Waals surface area (Å²) in [6.07, 6.45) is 6.85. The van der Waals surface area contributed by atoms with E-state index in [1.807, 2.05) is 18.2 Å². The van der Waals surface area contributed by atoms with Crippen LogP contribution in [0, 0.1) is 0 Å². The fourth-order valence-corrected chi connectivity index (χ4v) is 2.55. The SMILES string of the molecule is CN(CCc1ccccn1)C(=O)CNC(=O)NC1CCCC1. The largest absolute Gasteiger partial charge is 0.344 e. The first-order chi connectivity index (χ1) is 10.6. The maximum absolute atomic E-state index is 12.0. The fraction of sp³-hybridized carbons (Fsp3) is 0.562. The van der Waals surface area contributed by atoms with Crippen LogP contribution in [0.1, 0.15) is 31.4 Å². The number of carbonyl (C=O) groups is 2. The lowest BCUT2D eigenvalue weighted by Gasteiger charge is -2.18. The van der Waals surface area contributed by atoms with Crippen molar-refractivity contribution >= 4 is 11.9 Å². The van der Waals surface area contributed by atoms with Crippen molar-refractivity contribution in [3.05, 3.63) is 30.1 Å². The molecule has 2 N–H and O–H groups in total. The van der Waals surface area contributed by atoms with Gasteiger partial charge in [0.15, 0.2) is 0 Å². The van der Waals surface area contributed by atoms with E-state index in [0.29, 0.717) is 13.0 Å². The molecule has 22 heavy (non-hydrogen) atoms. The second-order valence-corrected chi connectivity index (χ2v) is 5.69. The van der Waals surface area contributed by atoms with Gasteiger partial charge in [0.2, 0.25) is 5.91 Å². The summed E-state index contributed by atoms with van der Waals surface area (Å²) >= 11 is 0. The van der Waals surface area contributed by atoms with E-state index in [-0.39, 0.29) is 24.5 Å². The van der Waals surface area contributed by atoms with Crippen molar-refractivity contribution in [1.82, 2.24) is 20.5 Å². The summed E-state index contributed by atoms with van der Waals surface area (Å²) in [6.45, 7) is 0.610. The second kappa shape index (κ2) is 8.36. The van der Waals surface area contributed by atoms with Gasteiger partial charge in [0.25, 0.3) is 0 Å². The van der Waals surface area contributed by atoms with E-state index >= 15 is 0 Å². The molecule has 0 unspecified atom stereocenters. The van der Waals surface area contributed by atoms with E-state index in [0.717, 1.165) is 18.5 Å². The number of nitrogens with one attached hydrogen (secondary N) is 2. The molecule has 0 bridgehead atoms. The van der Waals surface area contributed by atoms with Crippen LogP contribution in [0.15, 0.2) is 24.4 Å². The smallest absolute Gasteiger partial charge is 0.315 e. The van der Waals surface area contributed by atoms with E-state index < -0.39 is 0 Å². The molecule has 0 spiro atoms. The molecule has 3 amide bonds. The van der Waals surface area contributed by atoms with Gasteiger partial charge in [-0.25, -0.2) is 4.79 Å². The number of aromatic nitrogens is 1. The minimum Gasteiger partial charge on any atom is -0.344 e. The average molecular weight is 304 g/mol. The molecule has 6 heteroatoms. The number of amides is 3. The number of hydrogen-bond donors (Lipinski definition) is 2. The topological polar surface area (TPSA) is 74.3 Å². The number of pyridine rings is 1. The van der Waals surface area contributed by atoms with E-state index in [9.17, 15) is 9.59 Å². The molecule has 1 aliphatic carbocycles.